The molecule has 0 saturated heterocycles. The Bertz CT molecular complexity index is 651. The third-order valence-corrected chi connectivity index (χ3v) is 2.74. The van der Waals surface area contributed by atoms with Gasteiger partial charge in [-0.25, -0.2) is 9.37 Å². The number of hydrogen-bond acceptors (Lipinski definition) is 5. The Balaban J connectivity index is 2.46. The zero-order valence-corrected chi connectivity index (χ0v) is 10.9. The van der Waals surface area contributed by atoms with E-state index < -0.39 is 22.2 Å². The van der Waals surface area contributed by atoms with Gasteiger partial charge in [0.15, 0.2) is 5.82 Å². The van der Waals surface area contributed by atoms with Gasteiger partial charge in [0.1, 0.15) is 0 Å². The number of benzene rings is 1. The molecule has 0 fully saturated rings. The van der Waals surface area contributed by atoms with Crippen LogP contribution in [0.1, 0.15) is 0 Å². The molecular formula is C11H7BrFN3O3. The predicted molar refractivity (Wildman–Crippen MR) is 69.5 cm³/mol. The zero-order chi connectivity index (χ0) is 14.0. The highest BCUT2D eigenvalue weighted by Crippen LogP contribution is 2.36. The Kier molecular flexibility index (Phi) is 3.61. The quantitative estimate of drug-likeness (QED) is 0.690. The highest BCUT2D eigenvalue weighted by molar-refractivity contribution is 9.10. The second kappa shape index (κ2) is 5.19. The first-order valence-electron chi connectivity index (χ1n) is 5.01. The molecule has 0 amide bonds. The summed E-state index contributed by atoms with van der Waals surface area (Å²) in [5.74, 6) is -1.35. The van der Waals surface area contributed by atoms with Crippen molar-refractivity contribution in [3.63, 3.8) is 0 Å². The summed E-state index contributed by atoms with van der Waals surface area (Å²) in [7, 11) is 0. The van der Waals surface area contributed by atoms with Crippen molar-refractivity contribution >= 4 is 27.3 Å². The average Bonchev–Trinajstić information content (AvgIpc) is 2.34. The molecule has 0 aliphatic rings. The molecule has 8 heteroatoms. The van der Waals surface area contributed by atoms with Crippen LogP contribution in [0.15, 0.2) is 34.9 Å². The number of anilines is 1. The number of para-hydroxylation sites is 1. The number of hydrogen-bond donors (Lipinski definition) is 1. The van der Waals surface area contributed by atoms with Gasteiger partial charge in [0.05, 0.1) is 21.3 Å². The van der Waals surface area contributed by atoms with Gasteiger partial charge in [-0.15, -0.1) is 0 Å². The maximum Gasteiger partial charge on any atom is 0.314 e. The maximum absolute atomic E-state index is 13.6. The molecule has 0 aliphatic heterocycles. The molecule has 0 spiro atoms. The van der Waals surface area contributed by atoms with Gasteiger partial charge in [0.25, 0.3) is 0 Å². The Morgan fingerprint density at radius 1 is 1.47 bits per heavy atom. The van der Waals surface area contributed by atoms with Crippen LogP contribution in [0, 0.1) is 15.9 Å². The number of nitrogen functional groups attached to an aromatic ring is 1. The molecule has 0 aliphatic carbocycles. The Morgan fingerprint density at radius 3 is 2.84 bits per heavy atom. The number of pyridine rings is 1. The number of rotatable bonds is 3. The van der Waals surface area contributed by atoms with Gasteiger partial charge in [-0.2, -0.15) is 0 Å². The number of aromatic nitrogens is 1. The topological polar surface area (TPSA) is 91.3 Å². The molecule has 2 rings (SSSR count). The first-order chi connectivity index (χ1) is 8.99. The molecule has 1 aromatic carbocycles. The van der Waals surface area contributed by atoms with Crippen LogP contribution in [0.2, 0.25) is 0 Å². The van der Waals surface area contributed by atoms with Crippen LogP contribution < -0.4 is 10.5 Å². The normalized spacial score (nSPS) is 10.2. The fourth-order valence-corrected chi connectivity index (χ4v) is 1.80. The molecule has 2 N–H and O–H groups in total. The van der Waals surface area contributed by atoms with E-state index in [0.29, 0.717) is 10.2 Å². The van der Waals surface area contributed by atoms with E-state index in [2.05, 4.69) is 20.9 Å². The average molecular weight is 328 g/mol. The van der Waals surface area contributed by atoms with E-state index in [9.17, 15) is 14.5 Å². The van der Waals surface area contributed by atoms with Gasteiger partial charge in [-0.05, 0) is 28.1 Å². The number of nitro benzene ring substituents is 1. The molecule has 0 bridgehead atoms. The van der Waals surface area contributed by atoms with Crippen molar-refractivity contribution in [3.05, 3.63) is 50.9 Å². The second-order valence-corrected chi connectivity index (χ2v) is 4.36. The lowest BCUT2D eigenvalue weighted by Gasteiger charge is -2.08. The monoisotopic (exact) mass is 327 g/mol. The minimum Gasteiger partial charge on any atom is -0.427 e. The van der Waals surface area contributed by atoms with Gasteiger partial charge >= 0.3 is 5.69 Å². The Labute approximate surface area is 115 Å². The standard InChI is InChI=1S/C11H7BrFN3O3/c12-7-4-6(14)5-15-11(7)19-10-8(13)2-1-3-9(10)16(17)18/h1-5H,14H2. The lowest BCUT2D eigenvalue weighted by atomic mass is 10.3. The molecule has 0 saturated carbocycles. The Morgan fingerprint density at radius 2 is 2.21 bits per heavy atom. The zero-order valence-electron chi connectivity index (χ0n) is 9.34. The van der Waals surface area contributed by atoms with E-state index in [-0.39, 0.29) is 5.88 Å². The number of ether oxygens (including phenoxy) is 1. The molecule has 19 heavy (non-hydrogen) atoms. The fourth-order valence-electron chi connectivity index (χ4n) is 1.35. The summed E-state index contributed by atoms with van der Waals surface area (Å²) in [6.45, 7) is 0. The Hall–Kier alpha value is -2.22. The first kappa shape index (κ1) is 13.2. The predicted octanol–water partition coefficient (Wildman–Crippen LogP) is 3.27. The van der Waals surface area contributed by atoms with Crippen molar-refractivity contribution in [1.29, 1.82) is 0 Å². The first-order valence-corrected chi connectivity index (χ1v) is 5.80. The van der Waals surface area contributed by atoms with Crippen molar-refractivity contribution < 1.29 is 14.1 Å². The van der Waals surface area contributed by atoms with E-state index in [0.717, 1.165) is 12.1 Å². The number of nitrogens with zero attached hydrogens (tertiary/aromatic N) is 2. The molecule has 1 heterocycles. The van der Waals surface area contributed by atoms with Gasteiger partial charge in [-0.1, -0.05) is 6.07 Å². The van der Waals surface area contributed by atoms with Crippen molar-refractivity contribution in [2.24, 2.45) is 0 Å². The van der Waals surface area contributed by atoms with Crippen molar-refractivity contribution in [2.75, 3.05) is 5.73 Å². The minimum absolute atomic E-state index is 0.0117. The summed E-state index contributed by atoms with van der Waals surface area (Å²) in [4.78, 5) is 13.9. The molecule has 98 valence electrons. The van der Waals surface area contributed by atoms with E-state index in [4.69, 9.17) is 10.5 Å². The number of halogens is 2. The summed E-state index contributed by atoms with van der Waals surface area (Å²) >= 11 is 3.13. The van der Waals surface area contributed by atoms with Gasteiger partial charge in [0.2, 0.25) is 11.6 Å². The van der Waals surface area contributed by atoms with Crippen LogP contribution >= 0.6 is 15.9 Å². The van der Waals surface area contributed by atoms with Crippen molar-refractivity contribution in [1.82, 2.24) is 4.98 Å². The molecule has 1 aromatic heterocycles. The van der Waals surface area contributed by atoms with Crippen LogP contribution in [0.4, 0.5) is 15.8 Å². The van der Waals surface area contributed by atoms with Gasteiger partial charge in [-0.3, -0.25) is 10.1 Å². The fraction of sp³-hybridized carbons (Fsp3) is 0. The summed E-state index contributed by atoms with van der Waals surface area (Å²) in [6.07, 6.45) is 1.30. The molecule has 0 atom stereocenters. The van der Waals surface area contributed by atoms with Gasteiger partial charge < -0.3 is 10.5 Å². The maximum atomic E-state index is 13.6. The lowest BCUT2D eigenvalue weighted by Crippen LogP contribution is -1.98. The number of nitrogens with two attached hydrogens (primary N) is 1. The van der Waals surface area contributed by atoms with Crippen LogP contribution in [0.5, 0.6) is 11.6 Å². The third kappa shape index (κ3) is 2.79. The highest BCUT2D eigenvalue weighted by atomic mass is 79.9. The van der Waals surface area contributed by atoms with E-state index in [1.54, 1.807) is 0 Å². The lowest BCUT2D eigenvalue weighted by molar-refractivity contribution is -0.385. The van der Waals surface area contributed by atoms with Crippen molar-refractivity contribution in [3.8, 4) is 11.6 Å². The highest BCUT2D eigenvalue weighted by Gasteiger charge is 2.21. The van der Waals surface area contributed by atoms with Crippen LogP contribution in [-0.4, -0.2) is 9.91 Å². The van der Waals surface area contributed by atoms with Crippen molar-refractivity contribution in [2.45, 2.75) is 0 Å². The third-order valence-electron chi connectivity index (χ3n) is 2.17. The SMILES string of the molecule is Nc1cnc(Oc2c(F)cccc2[N+](=O)[O-])c(Br)c1. The summed E-state index contributed by atoms with van der Waals surface area (Å²) in [6, 6.07) is 4.93. The smallest absolute Gasteiger partial charge is 0.314 e. The van der Waals surface area contributed by atoms with E-state index >= 15 is 0 Å². The van der Waals surface area contributed by atoms with E-state index in [1.165, 1.54) is 18.3 Å². The van der Waals surface area contributed by atoms with E-state index in [1.807, 2.05) is 0 Å². The van der Waals surface area contributed by atoms with Crippen LogP contribution in [-0.2, 0) is 0 Å². The number of nitro groups is 1. The largest absolute Gasteiger partial charge is 0.427 e. The minimum atomic E-state index is -0.847. The molecular weight excluding hydrogens is 321 g/mol. The molecule has 2 aromatic rings. The summed E-state index contributed by atoms with van der Waals surface area (Å²) < 4.78 is 19.1. The van der Waals surface area contributed by atoms with Gasteiger partial charge in [0, 0.05) is 6.07 Å². The summed E-state index contributed by atoms with van der Waals surface area (Å²) in [5.41, 5.74) is 5.39. The van der Waals surface area contributed by atoms with Crippen LogP contribution in [0.25, 0.3) is 0 Å². The molecule has 0 radical (unpaired) electrons. The second-order valence-electron chi connectivity index (χ2n) is 3.50. The molecule has 6 nitrogen and oxygen atoms in total. The molecule has 0 unspecified atom stereocenters. The summed E-state index contributed by atoms with van der Waals surface area (Å²) in [5, 5.41) is 10.8. The van der Waals surface area contributed by atoms with Crippen LogP contribution in [0.3, 0.4) is 0 Å².